The average molecular weight is 479 g/mol. The summed E-state index contributed by atoms with van der Waals surface area (Å²) in [7, 11) is 0. The molecule has 1 fully saturated rings. The third-order valence-electron chi connectivity index (χ3n) is 5.75. The smallest absolute Gasteiger partial charge is 0.387 e. The average Bonchev–Trinajstić information content (AvgIpc) is 3.10. The Kier molecular flexibility index (Phi) is 6.59. The second-order valence-electron chi connectivity index (χ2n) is 8.43. The van der Waals surface area contributed by atoms with Crippen molar-refractivity contribution in [1.29, 1.82) is 0 Å². The summed E-state index contributed by atoms with van der Waals surface area (Å²) in [5, 5.41) is 19.2. The first kappa shape index (κ1) is 24.0. The van der Waals surface area contributed by atoms with Crippen LogP contribution in [0.25, 0.3) is 5.76 Å². The summed E-state index contributed by atoms with van der Waals surface area (Å²) in [6.45, 7) is 2.79. The SMILES string of the molecule is Cc1ccc(N2C(=O)C(=O)C(=C(O)c3ccc(C(C)C)cc3)C2c2ccc(OC(F)F)cc2)nn1. The minimum Gasteiger partial charge on any atom is -0.507 e. The molecule has 180 valence electrons. The molecule has 2 heterocycles. The molecule has 7 nitrogen and oxygen atoms in total. The Hall–Kier alpha value is -4.14. The second-order valence-corrected chi connectivity index (χ2v) is 8.43. The van der Waals surface area contributed by atoms with Gasteiger partial charge < -0.3 is 9.84 Å². The number of halogens is 2. The third kappa shape index (κ3) is 4.75. The van der Waals surface area contributed by atoms with Gasteiger partial charge in [0, 0.05) is 5.56 Å². The Balaban J connectivity index is 1.86. The number of anilines is 1. The van der Waals surface area contributed by atoms with Crippen molar-refractivity contribution in [2.45, 2.75) is 39.3 Å². The fourth-order valence-corrected chi connectivity index (χ4v) is 3.92. The molecule has 0 saturated carbocycles. The lowest BCUT2D eigenvalue weighted by Crippen LogP contribution is -2.30. The number of benzene rings is 2. The fourth-order valence-electron chi connectivity index (χ4n) is 3.92. The number of carbonyl (C=O) groups is 2. The quantitative estimate of drug-likeness (QED) is 0.299. The summed E-state index contributed by atoms with van der Waals surface area (Å²) < 4.78 is 29.6. The molecule has 0 aliphatic carbocycles. The highest BCUT2D eigenvalue weighted by molar-refractivity contribution is 6.51. The zero-order valence-corrected chi connectivity index (χ0v) is 19.3. The van der Waals surface area contributed by atoms with Crippen molar-refractivity contribution in [3.05, 3.63) is 88.6 Å². The van der Waals surface area contributed by atoms with Crippen molar-refractivity contribution < 1.29 is 28.2 Å². The van der Waals surface area contributed by atoms with Gasteiger partial charge in [-0.25, -0.2) is 0 Å². The predicted molar refractivity (Wildman–Crippen MR) is 125 cm³/mol. The number of aliphatic hydroxyl groups excluding tert-OH is 1. The number of alkyl halides is 2. The number of aryl methyl sites for hydroxylation is 1. The van der Waals surface area contributed by atoms with Crippen LogP contribution in [0.5, 0.6) is 5.75 Å². The molecule has 1 aromatic heterocycles. The Morgan fingerprint density at radius 2 is 1.63 bits per heavy atom. The van der Waals surface area contributed by atoms with Gasteiger partial charge in [0.25, 0.3) is 5.78 Å². The summed E-state index contributed by atoms with van der Waals surface area (Å²) >= 11 is 0. The van der Waals surface area contributed by atoms with Crippen LogP contribution >= 0.6 is 0 Å². The van der Waals surface area contributed by atoms with E-state index in [2.05, 4.69) is 14.9 Å². The lowest BCUT2D eigenvalue weighted by molar-refractivity contribution is -0.132. The van der Waals surface area contributed by atoms with Crippen molar-refractivity contribution in [1.82, 2.24) is 10.2 Å². The van der Waals surface area contributed by atoms with Gasteiger partial charge in [0.05, 0.1) is 17.3 Å². The van der Waals surface area contributed by atoms with E-state index >= 15 is 0 Å². The molecule has 1 amide bonds. The number of hydrogen-bond acceptors (Lipinski definition) is 6. The number of aliphatic hydroxyl groups is 1. The summed E-state index contributed by atoms with van der Waals surface area (Å²) in [5.74, 6) is -1.83. The van der Waals surface area contributed by atoms with Gasteiger partial charge in [-0.15, -0.1) is 5.10 Å². The molecule has 1 aliphatic rings. The van der Waals surface area contributed by atoms with Gasteiger partial charge in [-0.3, -0.25) is 14.5 Å². The van der Waals surface area contributed by atoms with E-state index in [0.29, 0.717) is 16.8 Å². The first-order valence-corrected chi connectivity index (χ1v) is 10.9. The number of rotatable bonds is 6. The molecule has 1 unspecified atom stereocenters. The number of ether oxygens (including phenoxy) is 1. The molecule has 0 bridgehead atoms. The number of aromatic nitrogens is 2. The number of Topliss-reactive ketones (excluding diaryl/α,β-unsaturated/α-hetero) is 1. The van der Waals surface area contributed by atoms with Crippen LogP contribution in [0.2, 0.25) is 0 Å². The fraction of sp³-hybridized carbons (Fsp3) is 0.231. The molecular formula is C26H23F2N3O4. The molecule has 4 rings (SSSR count). The number of amides is 1. The van der Waals surface area contributed by atoms with E-state index in [1.54, 1.807) is 31.2 Å². The van der Waals surface area contributed by atoms with Crippen LogP contribution in [0.4, 0.5) is 14.6 Å². The Bertz CT molecular complexity index is 1270. The normalized spacial score (nSPS) is 17.5. The topological polar surface area (TPSA) is 92.6 Å². The minimum atomic E-state index is -3.00. The summed E-state index contributed by atoms with van der Waals surface area (Å²) in [4.78, 5) is 27.4. The second kappa shape index (κ2) is 9.61. The minimum absolute atomic E-state index is 0.0832. The maximum Gasteiger partial charge on any atom is 0.387 e. The zero-order valence-electron chi connectivity index (χ0n) is 19.3. The van der Waals surface area contributed by atoms with Gasteiger partial charge >= 0.3 is 12.5 Å². The number of hydrogen-bond donors (Lipinski definition) is 1. The Labute approximate surface area is 200 Å². The maximum absolute atomic E-state index is 13.2. The van der Waals surface area contributed by atoms with Crippen molar-refractivity contribution in [2.24, 2.45) is 0 Å². The van der Waals surface area contributed by atoms with E-state index in [4.69, 9.17) is 0 Å². The first-order valence-electron chi connectivity index (χ1n) is 10.9. The maximum atomic E-state index is 13.2. The molecule has 9 heteroatoms. The highest BCUT2D eigenvalue weighted by Crippen LogP contribution is 2.42. The van der Waals surface area contributed by atoms with Crippen LogP contribution in [-0.4, -0.2) is 33.6 Å². The lowest BCUT2D eigenvalue weighted by atomic mass is 9.94. The molecular weight excluding hydrogens is 456 g/mol. The van der Waals surface area contributed by atoms with Crippen molar-refractivity contribution >= 4 is 23.3 Å². The van der Waals surface area contributed by atoms with Crippen molar-refractivity contribution in [3.63, 3.8) is 0 Å². The van der Waals surface area contributed by atoms with Crippen LogP contribution < -0.4 is 9.64 Å². The van der Waals surface area contributed by atoms with Crippen LogP contribution in [0.3, 0.4) is 0 Å². The van der Waals surface area contributed by atoms with Crippen LogP contribution in [-0.2, 0) is 9.59 Å². The molecule has 2 aromatic carbocycles. The van der Waals surface area contributed by atoms with Crippen LogP contribution in [0.1, 0.15) is 48.2 Å². The van der Waals surface area contributed by atoms with Crippen molar-refractivity contribution in [2.75, 3.05) is 4.90 Å². The third-order valence-corrected chi connectivity index (χ3v) is 5.75. The van der Waals surface area contributed by atoms with Gasteiger partial charge in [0.2, 0.25) is 0 Å². The van der Waals surface area contributed by atoms with Gasteiger partial charge in [0.1, 0.15) is 11.5 Å². The number of ketones is 1. The van der Waals surface area contributed by atoms with Crippen LogP contribution in [0.15, 0.2) is 66.2 Å². The molecule has 35 heavy (non-hydrogen) atoms. The summed E-state index contributed by atoms with van der Waals surface area (Å²) in [5.41, 5.74) is 2.28. The first-order chi connectivity index (χ1) is 16.7. The largest absolute Gasteiger partial charge is 0.507 e. The van der Waals surface area contributed by atoms with Crippen LogP contribution in [0, 0.1) is 6.92 Å². The van der Waals surface area contributed by atoms with Gasteiger partial charge in [-0.1, -0.05) is 50.2 Å². The number of nitrogens with zero attached hydrogens (tertiary/aromatic N) is 3. The molecule has 1 atom stereocenters. The monoisotopic (exact) mass is 479 g/mol. The number of carbonyl (C=O) groups excluding carboxylic acids is 2. The van der Waals surface area contributed by atoms with E-state index in [1.807, 2.05) is 26.0 Å². The van der Waals surface area contributed by atoms with Gasteiger partial charge in [0.15, 0.2) is 5.82 Å². The molecule has 0 spiro atoms. The predicted octanol–water partition coefficient (Wildman–Crippen LogP) is 5.14. The van der Waals surface area contributed by atoms with E-state index in [9.17, 15) is 23.5 Å². The molecule has 1 N–H and O–H groups in total. The summed E-state index contributed by atoms with van der Waals surface area (Å²) in [6, 6.07) is 14.7. The van der Waals surface area contributed by atoms with Gasteiger partial charge in [-0.05, 0) is 48.2 Å². The molecule has 1 saturated heterocycles. The Morgan fingerprint density at radius 3 is 2.17 bits per heavy atom. The lowest BCUT2D eigenvalue weighted by Gasteiger charge is -2.24. The van der Waals surface area contributed by atoms with E-state index in [1.165, 1.54) is 24.3 Å². The Morgan fingerprint density at radius 1 is 0.971 bits per heavy atom. The van der Waals surface area contributed by atoms with E-state index in [0.717, 1.165) is 10.5 Å². The van der Waals surface area contributed by atoms with Crippen molar-refractivity contribution in [3.8, 4) is 5.75 Å². The molecule has 0 radical (unpaired) electrons. The molecule has 1 aliphatic heterocycles. The standard InChI is InChI=1S/C26H23F2N3O4/c1-14(2)16-5-7-18(8-6-16)23(32)21-22(17-9-11-19(12-10-17)35-26(27)28)31(25(34)24(21)33)20-13-4-15(3)29-30-20/h4-14,22,26,32H,1-3H3. The summed E-state index contributed by atoms with van der Waals surface area (Å²) in [6.07, 6.45) is 0. The van der Waals surface area contributed by atoms with Gasteiger partial charge in [-0.2, -0.15) is 13.9 Å². The zero-order chi connectivity index (χ0) is 25.3. The highest BCUT2D eigenvalue weighted by atomic mass is 19.3. The van der Waals surface area contributed by atoms with E-state index < -0.39 is 24.3 Å². The highest BCUT2D eigenvalue weighted by Gasteiger charge is 2.47. The molecule has 3 aromatic rings. The van der Waals surface area contributed by atoms with E-state index in [-0.39, 0.29) is 28.8 Å².